The summed E-state index contributed by atoms with van der Waals surface area (Å²) >= 11 is 0. The molecular formula is C33H42N6O3. The van der Waals surface area contributed by atoms with Gasteiger partial charge in [-0.05, 0) is 91.6 Å². The van der Waals surface area contributed by atoms with Crippen molar-refractivity contribution in [2.75, 3.05) is 35.8 Å². The van der Waals surface area contributed by atoms with Crippen LogP contribution < -0.4 is 14.7 Å². The van der Waals surface area contributed by atoms with Crippen molar-refractivity contribution in [3.8, 4) is 17.2 Å². The first-order valence-electron chi connectivity index (χ1n) is 14.0. The fourth-order valence-electron chi connectivity index (χ4n) is 5.30. The minimum Gasteiger partial charge on any atom is -0.507 e. The van der Waals surface area contributed by atoms with Crippen molar-refractivity contribution in [2.45, 2.75) is 61.2 Å². The summed E-state index contributed by atoms with van der Waals surface area (Å²) in [4.78, 5) is 20.5. The maximum absolute atomic E-state index is 10.2. The van der Waals surface area contributed by atoms with Crippen LogP contribution >= 0.6 is 0 Å². The maximum Gasteiger partial charge on any atom is 0.232 e. The van der Waals surface area contributed by atoms with Gasteiger partial charge in [0, 0.05) is 40.8 Å². The number of hydrogen-bond acceptors (Lipinski definition) is 9. The Balaban J connectivity index is 1.69. The van der Waals surface area contributed by atoms with E-state index in [1.54, 1.807) is 0 Å². The van der Waals surface area contributed by atoms with Gasteiger partial charge in [-0.3, -0.25) is 0 Å². The minimum absolute atomic E-state index is 0.314. The molecule has 3 aromatic carbocycles. The molecule has 0 spiro atoms. The highest BCUT2D eigenvalue weighted by molar-refractivity contribution is 5.50. The van der Waals surface area contributed by atoms with Gasteiger partial charge in [-0.15, -0.1) is 0 Å². The first-order chi connectivity index (χ1) is 19.7. The molecule has 42 heavy (non-hydrogen) atoms. The molecule has 0 radical (unpaired) electrons. The van der Waals surface area contributed by atoms with Crippen LogP contribution in [-0.2, 0) is 19.6 Å². The highest BCUT2D eigenvalue weighted by Gasteiger charge is 2.18. The smallest absolute Gasteiger partial charge is 0.232 e. The molecule has 0 bridgehead atoms. The van der Waals surface area contributed by atoms with E-state index in [1.807, 2.05) is 114 Å². The third-order valence-corrected chi connectivity index (χ3v) is 7.54. The lowest BCUT2D eigenvalue weighted by atomic mass is 10.1. The number of aromatic nitrogens is 3. The molecule has 0 saturated heterocycles. The monoisotopic (exact) mass is 570 g/mol. The summed E-state index contributed by atoms with van der Waals surface area (Å²) in [5, 5.41) is 30.7. The number of rotatable bonds is 9. The maximum atomic E-state index is 10.2. The molecule has 222 valence electrons. The van der Waals surface area contributed by atoms with E-state index in [0.29, 0.717) is 54.7 Å². The lowest BCUT2D eigenvalue weighted by molar-refractivity contribution is 0.466. The summed E-state index contributed by atoms with van der Waals surface area (Å²) in [7, 11) is 5.83. The van der Waals surface area contributed by atoms with Crippen molar-refractivity contribution in [1.82, 2.24) is 15.0 Å². The van der Waals surface area contributed by atoms with E-state index in [-0.39, 0.29) is 0 Å². The second-order valence-corrected chi connectivity index (χ2v) is 11.5. The second kappa shape index (κ2) is 12.1. The molecule has 0 unspecified atom stereocenters. The number of phenols is 3. The molecule has 3 N–H and O–H groups in total. The van der Waals surface area contributed by atoms with Crippen LogP contribution in [0.15, 0.2) is 36.4 Å². The molecule has 9 nitrogen and oxygen atoms in total. The quantitative estimate of drug-likeness (QED) is 0.232. The number of aryl methyl sites for hydroxylation is 6. The molecular weight excluding hydrogens is 528 g/mol. The van der Waals surface area contributed by atoms with E-state index >= 15 is 0 Å². The van der Waals surface area contributed by atoms with Crippen molar-refractivity contribution < 1.29 is 15.3 Å². The third-order valence-electron chi connectivity index (χ3n) is 7.54. The molecule has 0 aliphatic rings. The van der Waals surface area contributed by atoms with Crippen LogP contribution in [0.25, 0.3) is 0 Å². The average molecular weight is 571 g/mol. The van der Waals surface area contributed by atoms with Gasteiger partial charge < -0.3 is 30.0 Å². The first kappa shape index (κ1) is 30.4. The summed E-state index contributed by atoms with van der Waals surface area (Å²) in [6.45, 7) is 13.0. The number of nitrogens with zero attached hydrogens (tertiary/aromatic N) is 6. The molecule has 0 aliphatic heterocycles. The van der Waals surface area contributed by atoms with Crippen LogP contribution in [0.2, 0.25) is 0 Å². The van der Waals surface area contributed by atoms with Gasteiger partial charge in [0.25, 0.3) is 0 Å². The standard InChI is InChI=1S/C33H42N6O3/c1-19-10-25(11-20(2)28(19)40)16-37(7)31-34-32(38(8)17-26-12-21(3)29(41)22(4)13-26)36-33(35-31)39(9)18-27-14-23(5)30(42)24(6)15-27/h10-15,40-42H,16-18H2,1-9H3. The molecule has 1 heterocycles. The Bertz CT molecular complexity index is 1350. The van der Waals surface area contributed by atoms with E-state index in [2.05, 4.69) is 0 Å². The third kappa shape index (κ3) is 6.67. The molecule has 9 heteroatoms. The number of phenolic OH excluding ortho intramolecular Hbond substituents is 3. The predicted molar refractivity (Wildman–Crippen MR) is 169 cm³/mol. The van der Waals surface area contributed by atoms with Crippen molar-refractivity contribution >= 4 is 17.8 Å². The fraction of sp³-hybridized carbons (Fsp3) is 0.364. The van der Waals surface area contributed by atoms with Crippen LogP contribution in [0.5, 0.6) is 17.2 Å². The molecule has 4 aromatic rings. The van der Waals surface area contributed by atoms with Crippen LogP contribution in [0.3, 0.4) is 0 Å². The first-order valence-corrected chi connectivity index (χ1v) is 14.0. The zero-order valence-electron chi connectivity index (χ0n) is 26.1. The van der Waals surface area contributed by atoms with Gasteiger partial charge in [0.05, 0.1) is 0 Å². The second-order valence-electron chi connectivity index (χ2n) is 11.5. The predicted octanol–water partition coefficient (Wildman–Crippen LogP) is 5.75. The van der Waals surface area contributed by atoms with E-state index in [0.717, 1.165) is 50.1 Å². The van der Waals surface area contributed by atoms with Crippen molar-refractivity contribution in [3.63, 3.8) is 0 Å². The van der Waals surface area contributed by atoms with Crippen molar-refractivity contribution in [3.05, 3.63) is 86.5 Å². The van der Waals surface area contributed by atoms with Gasteiger partial charge in [0.1, 0.15) is 17.2 Å². The topological polar surface area (TPSA) is 109 Å². The minimum atomic E-state index is 0.314. The van der Waals surface area contributed by atoms with E-state index in [4.69, 9.17) is 15.0 Å². The lowest BCUT2D eigenvalue weighted by Gasteiger charge is -2.25. The molecule has 0 aliphatic carbocycles. The molecule has 0 amide bonds. The summed E-state index contributed by atoms with van der Waals surface area (Å²) in [5.74, 6) is 2.51. The molecule has 1 aromatic heterocycles. The zero-order valence-corrected chi connectivity index (χ0v) is 26.1. The van der Waals surface area contributed by atoms with E-state index < -0.39 is 0 Å². The van der Waals surface area contributed by atoms with E-state index in [9.17, 15) is 15.3 Å². The number of anilines is 3. The number of benzene rings is 3. The van der Waals surface area contributed by atoms with Gasteiger partial charge in [-0.2, -0.15) is 15.0 Å². The lowest BCUT2D eigenvalue weighted by Crippen LogP contribution is -2.27. The summed E-state index contributed by atoms with van der Waals surface area (Å²) < 4.78 is 0. The molecule has 0 saturated carbocycles. The fourth-order valence-corrected chi connectivity index (χ4v) is 5.30. The van der Waals surface area contributed by atoms with Gasteiger partial charge >= 0.3 is 0 Å². The van der Waals surface area contributed by atoms with Crippen LogP contribution in [-0.4, -0.2) is 51.4 Å². The van der Waals surface area contributed by atoms with Gasteiger partial charge in [-0.1, -0.05) is 36.4 Å². The van der Waals surface area contributed by atoms with Crippen molar-refractivity contribution in [1.29, 1.82) is 0 Å². The van der Waals surface area contributed by atoms with Crippen LogP contribution in [0.4, 0.5) is 17.8 Å². The summed E-state index contributed by atoms with van der Waals surface area (Å²) in [6.07, 6.45) is 0. The van der Waals surface area contributed by atoms with Gasteiger partial charge in [0.15, 0.2) is 0 Å². The average Bonchev–Trinajstić information content (AvgIpc) is 2.92. The largest absolute Gasteiger partial charge is 0.507 e. The Morgan fingerprint density at radius 2 is 0.619 bits per heavy atom. The highest BCUT2D eigenvalue weighted by atomic mass is 16.3. The Morgan fingerprint density at radius 3 is 0.810 bits per heavy atom. The Hall–Kier alpha value is -4.53. The van der Waals surface area contributed by atoms with Crippen molar-refractivity contribution in [2.24, 2.45) is 0 Å². The Kier molecular flexibility index (Phi) is 8.80. The van der Waals surface area contributed by atoms with Crippen LogP contribution in [0.1, 0.15) is 50.1 Å². The van der Waals surface area contributed by atoms with Crippen LogP contribution in [0, 0.1) is 41.5 Å². The SMILES string of the molecule is Cc1cc(CN(C)c2nc(N(C)Cc3cc(C)c(O)c(C)c3)nc(N(C)Cc3cc(C)c(O)c(C)c3)n2)cc(C)c1O. The molecule has 0 fully saturated rings. The van der Waals surface area contributed by atoms with Gasteiger partial charge in [-0.25, -0.2) is 0 Å². The highest BCUT2D eigenvalue weighted by Crippen LogP contribution is 2.28. The van der Waals surface area contributed by atoms with Gasteiger partial charge in [0.2, 0.25) is 17.8 Å². The zero-order chi connectivity index (χ0) is 30.9. The normalized spacial score (nSPS) is 11.1. The summed E-state index contributed by atoms with van der Waals surface area (Å²) in [5.41, 5.74) is 8.09. The Morgan fingerprint density at radius 1 is 0.429 bits per heavy atom. The number of hydrogen-bond donors (Lipinski definition) is 3. The Labute approximate surface area is 248 Å². The van der Waals surface area contributed by atoms with E-state index in [1.165, 1.54) is 0 Å². The summed E-state index contributed by atoms with van der Waals surface area (Å²) in [6, 6.07) is 11.9. The number of aromatic hydroxyl groups is 3. The molecule has 0 atom stereocenters. The molecule has 4 rings (SSSR count).